The number of urea groups is 1. The molecule has 0 aliphatic carbocycles. The van der Waals surface area contributed by atoms with Gasteiger partial charge in [0, 0.05) is 19.0 Å². The number of piperidine rings is 1. The maximum atomic E-state index is 12.1. The van der Waals surface area contributed by atoms with E-state index in [2.05, 4.69) is 12.2 Å². The standard InChI is InChI=1S/C13H23N3O4/c1-8-4-3-7-16(9(8)2)13(20)15-10(12(18)19)5-6-11(14)17/h8-10H,3-7H2,1-2H3,(H2,14,17)(H,15,20)(H,18,19)/t8?,9?,10-/m1/s1. The van der Waals surface area contributed by atoms with Gasteiger partial charge < -0.3 is 21.1 Å². The average Bonchev–Trinajstić information content (AvgIpc) is 2.36. The first-order valence-electron chi connectivity index (χ1n) is 6.91. The third kappa shape index (κ3) is 4.40. The molecule has 1 heterocycles. The lowest BCUT2D eigenvalue weighted by molar-refractivity contribution is -0.139. The van der Waals surface area contributed by atoms with Crippen LogP contribution < -0.4 is 11.1 Å². The van der Waals surface area contributed by atoms with Crippen molar-refractivity contribution in [1.29, 1.82) is 0 Å². The molecule has 1 aliphatic rings. The first-order chi connectivity index (χ1) is 9.32. The largest absolute Gasteiger partial charge is 0.480 e. The molecule has 0 saturated carbocycles. The van der Waals surface area contributed by atoms with Crippen molar-refractivity contribution < 1.29 is 19.5 Å². The summed E-state index contributed by atoms with van der Waals surface area (Å²) >= 11 is 0. The fourth-order valence-corrected chi connectivity index (χ4v) is 2.40. The third-order valence-corrected chi connectivity index (χ3v) is 3.91. The number of nitrogens with zero attached hydrogens (tertiary/aromatic N) is 1. The lowest BCUT2D eigenvalue weighted by Crippen LogP contribution is -2.54. The Morgan fingerprint density at radius 2 is 2.05 bits per heavy atom. The van der Waals surface area contributed by atoms with Crippen LogP contribution in [-0.4, -0.2) is 46.5 Å². The van der Waals surface area contributed by atoms with E-state index in [9.17, 15) is 14.4 Å². The second-order valence-corrected chi connectivity index (χ2v) is 5.40. The first-order valence-corrected chi connectivity index (χ1v) is 6.91. The lowest BCUT2D eigenvalue weighted by Gasteiger charge is -2.38. The zero-order valence-electron chi connectivity index (χ0n) is 12.0. The van der Waals surface area contributed by atoms with Crippen molar-refractivity contribution in [2.75, 3.05) is 6.54 Å². The van der Waals surface area contributed by atoms with E-state index in [1.165, 1.54) is 0 Å². The summed E-state index contributed by atoms with van der Waals surface area (Å²) in [6.45, 7) is 4.66. The first kappa shape index (κ1) is 16.3. The van der Waals surface area contributed by atoms with Crippen molar-refractivity contribution in [2.24, 2.45) is 11.7 Å². The summed E-state index contributed by atoms with van der Waals surface area (Å²) in [4.78, 5) is 35.6. The number of amides is 3. The van der Waals surface area contributed by atoms with Gasteiger partial charge in [-0.15, -0.1) is 0 Å². The maximum Gasteiger partial charge on any atom is 0.326 e. The Hall–Kier alpha value is -1.79. The monoisotopic (exact) mass is 285 g/mol. The molecule has 0 bridgehead atoms. The van der Waals surface area contributed by atoms with E-state index in [0.717, 1.165) is 12.8 Å². The number of likely N-dealkylation sites (tertiary alicyclic amines) is 1. The van der Waals surface area contributed by atoms with Gasteiger partial charge in [-0.3, -0.25) is 4.79 Å². The molecule has 3 amide bonds. The van der Waals surface area contributed by atoms with Crippen molar-refractivity contribution in [3.63, 3.8) is 0 Å². The third-order valence-electron chi connectivity index (χ3n) is 3.91. The zero-order chi connectivity index (χ0) is 15.3. The smallest absolute Gasteiger partial charge is 0.326 e. The maximum absolute atomic E-state index is 12.1. The van der Waals surface area contributed by atoms with Gasteiger partial charge in [-0.2, -0.15) is 0 Å². The van der Waals surface area contributed by atoms with E-state index < -0.39 is 17.9 Å². The minimum absolute atomic E-state index is 0.00812. The van der Waals surface area contributed by atoms with Crippen molar-refractivity contribution in [3.05, 3.63) is 0 Å². The number of primary amides is 1. The summed E-state index contributed by atoms with van der Waals surface area (Å²) in [6, 6.07) is -1.39. The summed E-state index contributed by atoms with van der Waals surface area (Å²) in [7, 11) is 0. The van der Waals surface area contributed by atoms with Crippen molar-refractivity contribution in [3.8, 4) is 0 Å². The van der Waals surface area contributed by atoms with Crippen LogP contribution in [0.25, 0.3) is 0 Å². The predicted octanol–water partition coefficient (Wildman–Crippen LogP) is 0.535. The molecule has 20 heavy (non-hydrogen) atoms. The van der Waals surface area contributed by atoms with Gasteiger partial charge in [0.15, 0.2) is 0 Å². The molecule has 3 atom stereocenters. The number of aliphatic carboxylic acids is 1. The van der Waals surface area contributed by atoms with Gasteiger partial charge in [-0.05, 0) is 32.1 Å². The highest BCUT2D eigenvalue weighted by Gasteiger charge is 2.30. The molecule has 1 rings (SSSR count). The zero-order valence-corrected chi connectivity index (χ0v) is 12.0. The van der Waals surface area contributed by atoms with Crippen LogP contribution in [0.3, 0.4) is 0 Å². The molecular formula is C13H23N3O4. The number of rotatable bonds is 5. The van der Waals surface area contributed by atoms with Crippen LogP contribution in [-0.2, 0) is 9.59 Å². The molecule has 114 valence electrons. The second kappa shape index (κ2) is 7.12. The molecule has 4 N–H and O–H groups in total. The van der Waals surface area contributed by atoms with E-state index in [-0.39, 0.29) is 24.9 Å². The van der Waals surface area contributed by atoms with E-state index in [0.29, 0.717) is 12.5 Å². The number of carbonyl (C=O) groups excluding carboxylic acids is 2. The number of carboxylic acids is 1. The van der Waals surface area contributed by atoms with Gasteiger partial charge >= 0.3 is 12.0 Å². The molecule has 1 aliphatic heterocycles. The molecule has 0 radical (unpaired) electrons. The number of carbonyl (C=O) groups is 3. The minimum Gasteiger partial charge on any atom is -0.480 e. The highest BCUT2D eigenvalue weighted by molar-refractivity contribution is 5.83. The second-order valence-electron chi connectivity index (χ2n) is 5.40. The van der Waals surface area contributed by atoms with Crippen LogP contribution in [0.4, 0.5) is 4.79 Å². The van der Waals surface area contributed by atoms with Gasteiger partial charge in [0.1, 0.15) is 6.04 Å². The molecule has 1 saturated heterocycles. The quantitative estimate of drug-likeness (QED) is 0.684. The summed E-state index contributed by atoms with van der Waals surface area (Å²) in [6.07, 6.45) is 1.92. The van der Waals surface area contributed by atoms with Crippen LogP contribution in [0.5, 0.6) is 0 Å². The summed E-state index contributed by atoms with van der Waals surface area (Å²) < 4.78 is 0. The number of carboxylic acid groups (broad SMARTS) is 1. The number of nitrogens with one attached hydrogen (secondary N) is 1. The van der Waals surface area contributed by atoms with E-state index in [1.807, 2.05) is 6.92 Å². The van der Waals surface area contributed by atoms with Crippen LogP contribution in [0.15, 0.2) is 0 Å². The Morgan fingerprint density at radius 1 is 1.40 bits per heavy atom. The molecule has 0 aromatic rings. The molecule has 2 unspecified atom stereocenters. The van der Waals surface area contributed by atoms with Crippen LogP contribution in [0.2, 0.25) is 0 Å². The van der Waals surface area contributed by atoms with Gasteiger partial charge in [-0.25, -0.2) is 9.59 Å². The topological polar surface area (TPSA) is 113 Å². The SMILES string of the molecule is CC1CCCN(C(=O)N[C@H](CCC(N)=O)C(=O)O)C1C. The Morgan fingerprint density at radius 3 is 2.60 bits per heavy atom. The fraction of sp³-hybridized carbons (Fsp3) is 0.769. The van der Waals surface area contributed by atoms with Crippen molar-refractivity contribution >= 4 is 17.9 Å². The van der Waals surface area contributed by atoms with Crippen LogP contribution >= 0.6 is 0 Å². The van der Waals surface area contributed by atoms with Crippen LogP contribution in [0.1, 0.15) is 39.5 Å². The summed E-state index contributed by atoms with van der Waals surface area (Å²) in [5, 5.41) is 11.5. The number of hydrogen-bond acceptors (Lipinski definition) is 3. The van der Waals surface area contributed by atoms with Gasteiger partial charge in [0.05, 0.1) is 0 Å². The lowest BCUT2D eigenvalue weighted by atomic mass is 9.92. The molecular weight excluding hydrogens is 262 g/mol. The minimum atomic E-state index is -1.16. The fourth-order valence-electron chi connectivity index (χ4n) is 2.40. The molecule has 1 fully saturated rings. The van der Waals surface area contributed by atoms with E-state index >= 15 is 0 Å². The average molecular weight is 285 g/mol. The molecule has 0 spiro atoms. The van der Waals surface area contributed by atoms with Crippen molar-refractivity contribution in [1.82, 2.24) is 10.2 Å². The number of nitrogens with two attached hydrogens (primary N) is 1. The van der Waals surface area contributed by atoms with Gasteiger partial charge in [0.2, 0.25) is 5.91 Å². The predicted molar refractivity (Wildman–Crippen MR) is 72.9 cm³/mol. The van der Waals surface area contributed by atoms with E-state index in [1.54, 1.807) is 4.90 Å². The Balaban J connectivity index is 2.60. The normalized spacial score (nSPS) is 24.0. The molecule has 7 nitrogen and oxygen atoms in total. The molecule has 0 aromatic carbocycles. The van der Waals surface area contributed by atoms with Gasteiger partial charge in [-0.1, -0.05) is 6.92 Å². The van der Waals surface area contributed by atoms with Gasteiger partial charge in [0.25, 0.3) is 0 Å². The Bertz CT molecular complexity index is 386. The van der Waals surface area contributed by atoms with Crippen molar-refractivity contribution in [2.45, 2.75) is 51.6 Å². The van der Waals surface area contributed by atoms with Crippen LogP contribution in [0, 0.1) is 5.92 Å². The molecule has 0 aromatic heterocycles. The summed E-state index contributed by atoms with van der Waals surface area (Å²) in [5.41, 5.74) is 5.00. The highest BCUT2D eigenvalue weighted by Crippen LogP contribution is 2.22. The number of hydrogen-bond donors (Lipinski definition) is 3. The Labute approximate surface area is 118 Å². The summed E-state index contributed by atoms with van der Waals surface area (Å²) in [5.74, 6) is -1.34. The van der Waals surface area contributed by atoms with E-state index in [4.69, 9.17) is 10.8 Å². The highest BCUT2D eigenvalue weighted by atomic mass is 16.4. The molecule has 7 heteroatoms. The Kier molecular flexibility index (Phi) is 5.79.